The SMILES string of the molecule is N#Cc1ccc(CNC(=O)c2ccccn2)c(F)c1. The van der Waals surface area contributed by atoms with Gasteiger partial charge in [-0.05, 0) is 24.3 Å². The van der Waals surface area contributed by atoms with Crippen molar-refractivity contribution in [3.63, 3.8) is 0 Å². The number of nitriles is 1. The maximum absolute atomic E-state index is 13.6. The van der Waals surface area contributed by atoms with E-state index in [1.807, 2.05) is 6.07 Å². The number of carbonyl (C=O) groups is 1. The van der Waals surface area contributed by atoms with Crippen molar-refractivity contribution in [1.29, 1.82) is 5.26 Å². The van der Waals surface area contributed by atoms with E-state index < -0.39 is 5.82 Å². The normalized spacial score (nSPS) is 9.68. The molecule has 2 aromatic rings. The van der Waals surface area contributed by atoms with Crippen molar-refractivity contribution in [2.24, 2.45) is 0 Å². The molecule has 0 aliphatic heterocycles. The van der Waals surface area contributed by atoms with Crippen LogP contribution in [0.2, 0.25) is 0 Å². The Labute approximate surface area is 109 Å². The van der Waals surface area contributed by atoms with Crippen molar-refractivity contribution in [2.45, 2.75) is 6.54 Å². The first kappa shape index (κ1) is 12.7. The van der Waals surface area contributed by atoms with Gasteiger partial charge in [-0.15, -0.1) is 0 Å². The molecule has 0 aliphatic carbocycles. The molecule has 0 fully saturated rings. The summed E-state index contributed by atoms with van der Waals surface area (Å²) in [5, 5.41) is 11.2. The van der Waals surface area contributed by atoms with E-state index in [1.165, 1.54) is 18.3 Å². The molecule has 0 saturated heterocycles. The number of pyridine rings is 1. The van der Waals surface area contributed by atoms with Crippen LogP contribution in [0.25, 0.3) is 0 Å². The van der Waals surface area contributed by atoms with Crippen LogP contribution in [0.3, 0.4) is 0 Å². The summed E-state index contributed by atoms with van der Waals surface area (Å²) in [6, 6.07) is 11.0. The van der Waals surface area contributed by atoms with Gasteiger partial charge in [0.1, 0.15) is 11.5 Å². The Balaban J connectivity index is 2.04. The number of carbonyl (C=O) groups excluding carboxylic acids is 1. The first-order valence-electron chi connectivity index (χ1n) is 5.58. The Hall–Kier alpha value is -2.74. The fourth-order valence-corrected chi connectivity index (χ4v) is 1.52. The van der Waals surface area contributed by atoms with Gasteiger partial charge in [-0.2, -0.15) is 5.26 Å². The number of nitrogens with one attached hydrogen (secondary N) is 1. The smallest absolute Gasteiger partial charge is 0.270 e. The van der Waals surface area contributed by atoms with E-state index >= 15 is 0 Å². The standard InChI is InChI=1S/C14H10FN3O/c15-12-7-10(8-16)4-5-11(12)9-18-14(19)13-3-1-2-6-17-13/h1-7H,9H2,(H,18,19). The zero-order valence-corrected chi connectivity index (χ0v) is 9.93. The van der Waals surface area contributed by atoms with Crippen molar-refractivity contribution >= 4 is 5.91 Å². The number of amides is 1. The largest absolute Gasteiger partial charge is 0.347 e. The molecule has 1 N–H and O–H groups in total. The summed E-state index contributed by atoms with van der Waals surface area (Å²) < 4.78 is 13.6. The maximum atomic E-state index is 13.6. The van der Waals surface area contributed by atoms with Crippen LogP contribution in [0.4, 0.5) is 4.39 Å². The van der Waals surface area contributed by atoms with Crippen molar-refractivity contribution < 1.29 is 9.18 Å². The maximum Gasteiger partial charge on any atom is 0.270 e. The molecule has 94 valence electrons. The van der Waals surface area contributed by atoms with Gasteiger partial charge in [0.15, 0.2) is 0 Å². The lowest BCUT2D eigenvalue weighted by molar-refractivity contribution is 0.0945. The van der Waals surface area contributed by atoms with Crippen LogP contribution in [0.15, 0.2) is 42.6 Å². The highest BCUT2D eigenvalue weighted by molar-refractivity contribution is 5.92. The predicted molar refractivity (Wildman–Crippen MR) is 66.5 cm³/mol. The molecule has 0 bridgehead atoms. The minimum Gasteiger partial charge on any atom is -0.347 e. The van der Waals surface area contributed by atoms with Crippen LogP contribution >= 0.6 is 0 Å². The lowest BCUT2D eigenvalue weighted by atomic mass is 10.1. The molecular formula is C14H10FN3O. The number of halogens is 1. The Morgan fingerprint density at radius 1 is 1.37 bits per heavy atom. The van der Waals surface area contributed by atoms with E-state index in [9.17, 15) is 9.18 Å². The molecule has 1 aromatic heterocycles. The first-order chi connectivity index (χ1) is 9.20. The van der Waals surface area contributed by atoms with E-state index in [-0.39, 0.29) is 23.7 Å². The lowest BCUT2D eigenvalue weighted by Crippen LogP contribution is -2.24. The molecule has 0 spiro atoms. The zero-order valence-electron chi connectivity index (χ0n) is 9.93. The van der Waals surface area contributed by atoms with Crippen LogP contribution in [-0.4, -0.2) is 10.9 Å². The summed E-state index contributed by atoms with van der Waals surface area (Å²) in [5.41, 5.74) is 0.845. The highest BCUT2D eigenvalue weighted by Crippen LogP contribution is 2.09. The highest BCUT2D eigenvalue weighted by atomic mass is 19.1. The lowest BCUT2D eigenvalue weighted by Gasteiger charge is -2.06. The number of benzene rings is 1. The molecule has 0 aliphatic rings. The predicted octanol–water partition coefficient (Wildman–Crippen LogP) is 2.02. The van der Waals surface area contributed by atoms with Crippen molar-refractivity contribution in [3.8, 4) is 6.07 Å². The van der Waals surface area contributed by atoms with Crippen LogP contribution < -0.4 is 5.32 Å². The summed E-state index contributed by atoms with van der Waals surface area (Å²) in [6.07, 6.45) is 1.51. The summed E-state index contributed by atoms with van der Waals surface area (Å²) in [5.74, 6) is -0.885. The molecule has 0 unspecified atom stereocenters. The van der Waals surface area contributed by atoms with Crippen molar-refractivity contribution in [2.75, 3.05) is 0 Å². The molecule has 0 atom stereocenters. The molecule has 1 aromatic carbocycles. The Kier molecular flexibility index (Phi) is 3.84. The third-order valence-electron chi connectivity index (χ3n) is 2.52. The van der Waals surface area contributed by atoms with Gasteiger partial charge in [-0.25, -0.2) is 4.39 Å². The Morgan fingerprint density at radius 2 is 2.21 bits per heavy atom. The minimum atomic E-state index is -0.514. The van der Waals surface area contributed by atoms with Gasteiger partial charge in [-0.1, -0.05) is 12.1 Å². The molecule has 2 rings (SSSR count). The van der Waals surface area contributed by atoms with Crippen LogP contribution in [0, 0.1) is 17.1 Å². The number of aromatic nitrogens is 1. The van der Waals surface area contributed by atoms with Gasteiger partial charge < -0.3 is 5.32 Å². The van der Waals surface area contributed by atoms with Gasteiger partial charge in [0, 0.05) is 18.3 Å². The summed E-state index contributed by atoms with van der Waals surface area (Å²) in [6.45, 7) is 0.0486. The molecule has 0 radical (unpaired) electrons. The third-order valence-corrected chi connectivity index (χ3v) is 2.52. The second-order valence-corrected chi connectivity index (χ2v) is 3.82. The zero-order chi connectivity index (χ0) is 13.7. The van der Waals surface area contributed by atoms with Gasteiger partial charge in [-0.3, -0.25) is 9.78 Å². The average molecular weight is 255 g/mol. The average Bonchev–Trinajstić information content (AvgIpc) is 2.46. The summed E-state index contributed by atoms with van der Waals surface area (Å²) in [7, 11) is 0. The fourth-order valence-electron chi connectivity index (χ4n) is 1.52. The Bertz CT molecular complexity index is 635. The van der Waals surface area contributed by atoms with Crippen LogP contribution in [-0.2, 0) is 6.54 Å². The van der Waals surface area contributed by atoms with Crippen molar-refractivity contribution in [1.82, 2.24) is 10.3 Å². The monoisotopic (exact) mass is 255 g/mol. The molecule has 1 amide bonds. The first-order valence-corrected chi connectivity index (χ1v) is 5.58. The number of nitrogens with zero attached hydrogens (tertiary/aromatic N) is 2. The number of hydrogen-bond donors (Lipinski definition) is 1. The van der Waals surface area contributed by atoms with E-state index in [2.05, 4.69) is 10.3 Å². The van der Waals surface area contributed by atoms with Crippen LogP contribution in [0.1, 0.15) is 21.6 Å². The summed E-state index contributed by atoms with van der Waals surface area (Å²) >= 11 is 0. The molecular weight excluding hydrogens is 245 g/mol. The second kappa shape index (κ2) is 5.74. The molecule has 0 saturated carbocycles. The molecule has 19 heavy (non-hydrogen) atoms. The van der Waals surface area contributed by atoms with Gasteiger partial charge in [0.2, 0.25) is 0 Å². The van der Waals surface area contributed by atoms with Gasteiger partial charge in [0.25, 0.3) is 5.91 Å². The third kappa shape index (κ3) is 3.13. The Morgan fingerprint density at radius 3 is 2.84 bits per heavy atom. The number of rotatable bonds is 3. The molecule has 4 nitrogen and oxygen atoms in total. The quantitative estimate of drug-likeness (QED) is 0.912. The molecule has 1 heterocycles. The second-order valence-electron chi connectivity index (χ2n) is 3.82. The van der Waals surface area contributed by atoms with Crippen LogP contribution in [0.5, 0.6) is 0 Å². The van der Waals surface area contributed by atoms with Gasteiger partial charge >= 0.3 is 0 Å². The molecule has 5 heteroatoms. The van der Waals surface area contributed by atoms with E-state index in [0.717, 1.165) is 6.07 Å². The van der Waals surface area contributed by atoms with E-state index in [0.29, 0.717) is 5.56 Å². The topological polar surface area (TPSA) is 65.8 Å². The number of hydrogen-bond acceptors (Lipinski definition) is 3. The van der Waals surface area contributed by atoms with E-state index in [1.54, 1.807) is 18.2 Å². The van der Waals surface area contributed by atoms with Gasteiger partial charge in [0.05, 0.1) is 11.6 Å². The highest BCUT2D eigenvalue weighted by Gasteiger charge is 2.08. The summed E-state index contributed by atoms with van der Waals surface area (Å²) in [4.78, 5) is 15.6. The van der Waals surface area contributed by atoms with E-state index in [4.69, 9.17) is 5.26 Å². The minimum absolute atomic E-state index is 0.0486. The fraction of sp³-hybridized carbons (Fsp3) is 0.0714. The van der Waals surface area contributed by atoms with Crippen molar-refractivity contribution in [3.05, 3.63) is 65.2 Å².